The van der Waals surface area contributed by atoms with Crippen molar-refractivity contribution in [2.45, 2.75) is 72.5 Å². The molecule has 152 valence electrons. The Balaban J connectivity index is 1.96. The summed E-state index contributed by atoms with van der Waals surface area (Å²) in [5.41, 5.74) is 3.90. The van der Waals surface area contributed by atoms with Crippen LogP contribution in [0, 0.1) is 32.6 Å². The molecule has 1 aromatic carbocycles. The molecule has 0 heterocycles. The van der Waals surface area contributed by atoms with Crippen molar-refractivity contribution in [3.05, 3.63) is 52.3 Å². The predicted molar refractivity (Wildman–Crippen MR) is 117 cm³/mol. The molecule has 0 saturated carbocycles. The lowest BCUT2D eigenvalue weighted by molar-refractivity contribution is -0.131. The van der Waals surface area contributed by atoms with E-state index in [1.54, 1.807) is 0 Å². The molecule has 2 aliphatic carbocycles. The zero-order valence-corrected chi connectivity index (χ0v) is 19.6. The summed E-state index contributed by atoms with van der Waals surface area (Å²) in [5.74, 6) is 1.88. The summed E-state index contributed by atoms with van der Waals surface area (Å²) in [6.45, 7) is 17.2. The van der Waals surface area contributed by atoms with Gasteiger partial charge in [0.25, 0.3) is 0 Å². The maximum Gasteiger partial charge on any atom is 0.343 e. The first-order chi connectivity index (χ1) is 12.9. The molecular formula is C24H34O3Si. The smallest absolute Gasteiger partial charge is 0.343 e. The minimum Gasteiger partial charge on any atom is -0.546 e. The van der Waals surface area contributed by atoms with Gasteiger partial charge < -0.3 is 9.16 Å². The van der Waals surface area contributed by atoms with Gasteiger partial charge in [0.2, 0.25) is 8.32 Å². The van der Waals surface area contributed by atoms with E-state index in [0.717, 1.165) is 35.3 Å². The molecule has 4 heteroatoms. The monoisotopic (exact) mass is 398 g/mol. The van der Waals surface area contributed by atoms with Gasteiger partial charge in [-0.05, 0) is 62.4 Å². The number of benzene rings is 1. The van der Waals surface area contributed by atoms with Crippen molar-refractivity contribution >= 4 is 14.3 Å². The van der Waals surface area contributed by atoms with Gasteiger partial charge >= 0.3 is 5.97 Å². The minimum absolute atomic E-state index is 0.0864. The average molecular weight is 399 g/mol. The zero-order chi connectivity index (χ0) is 20.9. The van der Waals surface area contributed by atoms with Gasteiger partial charge in [0.15, 0.2) is 0 Å². The van der Waals surface area contributed by atoms with Crippen molar-refractivity contribution in [2.75, 3.05) is 0 Å². The van der Waals surface area contributed by atoms with Crippen LogP contribution in [0.3, 0.4) is 0 Å². The molecule has 0 unspecified atom stereocenters. The summed E-state index contributed by atoms with van der Waals surface area (Å²) in [6, 6.07) is 4.12. The van der Waals surface area contributed by atoms with Crippen LogP contribution in [-0.2, 0) is 9.22 Å². The molecule has 0 amide bonds. The Bertz CT molecular complexity index is 832. The van der Waals surface area contributed by atoms with Crippen molar-refractivity contribution in [1.29, 1.82) is 0 Å². The molecule has 2 aliphatic rings. The summed E-state index contributed by atoms with van der Waals surface area (Å²) in [6.07, 6.45) is 6.19. The van der Waals surface area contributed by atoms with E-state index < -0.39 is 8.32 Å². The third-order valence-electron chi connectivity index (χ3n) is 6.49. The maximum atomic E-state index is 13.3. The number of carbonyl (C=O) groups excluding carboxylic acids is 1. The van der Waals surface area contributed by atoms with Gasteiger partial charge in [-0.1, -0.05) is 50.6 Å². The molecular weight excluding hydrogens is 364 g/mol. The molecule has 28 heavy (non-hydrogen) atoms. The molecule has 0 aromatic heterocycles. The Morgan fingerprint density at radius 3 is 2.25 bits per heavy atom. The number of carbonyl (C=O) groups is 1. The number of esters is 1. The predicted octanol–water partition coefficient (Wildman–Crippen LogP) is 6.39. The third-order valence-corrected chi connectivity index (χ3v) is 10.9. The quantitative estimate of drug-likeness (QED) is 0.255. The van der Waals surface area contributed by atoms with E-state index in [2.05, 4.69) is 65.1 Å². The fourth-order valence-corrected chi connectivity index (χ4v) is 5.11. The van der Waals surface area contributed by atoms with Gasteiger partial charge in [0, 0.05) is 12.3 Å². The largest absolute Gasteiger partial charge is 0.546 e. The fourth-order valence-electron chi connectivity index (χ4n) is 3.99. The summed E-state index contributed by atoms with van der Waals surface area (Å²) in [4.78, 5) is 13.3. The lowest BCUT2D eigenvalue weighted by atomic mass is 9.86. The average Bonchev–Trinajstić information content (AvgIpc) is 2.91. The van der Waals surface area contributed by atoms with Crippen LogP contribution < -0.4 is 4.74 Å². The van der Waals surface area contributed by atoms with Crippen molar-refractivity contribution in [3.63, 3.8) is 0 Å². The minimum atomic E-state index is -2.03. The first kappa shape index (κ1) is 20.9. The highest BCUT2D eigenvalue weighted by Gasteiger charge is 2.43. The van der Waals surface area contributed by atoms with Crippen LogP contribution in [0.4, 0.5) is 0 Å². The van der Waals surface area contributed by atoms with Crippen molar-refractivity contribution < 1.29 is 14.0 Å². The highest BCUT2D eigenvalue weighted by molar-refractivity contribution is 6.74. The highest BCUT2D eigenvalue weighted by Crippen LogP contribution is 2.45. The second-order valence-electron chi connectivity index (χ2n) is 10.0. The topological polar surface area (TPSA) is 35.5 Å². The summed E-state index contributed by atoms with van der Waals surface area (Å²) >= 11 is 0. The Morgan fingerprint density at radius 2 is 1.68 bits per heavy atom. The summed E-state index contributed by atoms with van der Waals surface area (Å²) < 4.78 is 12.6. The molecule has 0 N–H and O–H groups in total. The molecule has 2 bridgehead atoms. The van der Waals surface area contributed by atoms with Crippen LogP contribution in [0.5, 0.6) is 5.75 Å². The number of aryl methyl sites for hydroxylation is 3. The van der Waals surface area contributed by atoms with Gasteiger partial charge in [-0.15, -0.1) is 0 Å². The van der Waals surface area contributed by atoms with Crippen LogP contribution in [0.25, 0.3) is 0 Å². The number of fused-ring (bicyclic) bond motifs is 2. The second-order valence-corrected chi connectivity index (χ2v) is 14.7. The zero-order valence-electron chi connectivity index (χ0n) is 18.6. The lowest BCUT2D eigenvalue weighted by Crippen LogP contribution is -2.41. The van der Waals surface area contributed by atoms with E-state index in [1.165, 1.54) is 5.56 Å². The Labute approximate surface area is 171 Å². The van der Waals surface area contributed by atoms with Crippen LogP contribution in [0.2, 0.25) is 18.1 Å². The Hall–Kier alpha value is -1.81. The standard InChI is InChI=1S/C24H34O3Si/c1-15-11-16(2)22(17(3)12-15)26-23(25)21-19-10-9-18(13-19)14-20(21)27-28(7,8)24(4,5)6/h9-12,18-19H,13-14H2,1-8H3/t18-,19+/m1/s1. The van der Waals surface area contributed by atoms with E-state index in [-0.39, 0.29) is 16.9 Å². The number of ether oxygens (including phenoxy) is 1. The molecule has 3 rings (SSSR count). The molecule has 0 fully saturated rings. The molecule has 1 aromatic rings. The van der Waals surface area contributed by atoms with Crippen LogP contribution in [0.1, 0.15) is 50.3 Å². The van der Waals surface area contributed by atoms with Crippen LogP contribution in [-0.4, -0.2) is 14.3 Å². The highest BCUT2D eigenvalue weighted by atomic mass is 28.4. The van der Waals surface area contributed by atoms with Crippen molar-refractivity contribution in [1.82, 2.24) is 0 Å². The van der Waals surface area contributed by atoms with E-state index in [4.69, 9.17) is 9.16 Å². The van der Waals surface area contributed by atoms with Crippen LogP contribution >= 0.6 is 0 Å². The molecule has 0 saturated heterocycles. The molecule has 0 spiro atoms. The molecule has 3 nitrogen and oxygen atoms in total. The SMILES string of the molecule is Cc1cc(C)c(OC(=O)C2=C(O[Si](C)(C)C(C)(C)C)C[C@@H]3C=C[C@H]2C3)c(C)c1. The number of hydrogen-bond acceptors (Lipinski definition) is 3. The van der Waals surface area contributed by atoms with Crippen molar-refractivity contribution in [2.24, 2.45) is 11.8 Å². The molecule has 0 radical (unpaired) electrons. The van der Waals surface area contributed by atoms with E-state index in [9.17, 15) is 4.79 Å². The van der Waals surface area contributed by atoms with Gasteiger partial charge in [-0.25, -0.2) is 4.79 Å². The third kappa shape index (κ3) is 3.98. The van der Waals surface area contributed by atoms with Gasteiger partial charge in [0.05, 0.1) is 11.3 Å². The molecule has 0 aliphatic heterocycles. The van der Waals surface area contributed by atoms with Gasteiger partial charge in [-0.2, -0.15) is 0 Å². The van der Waals surface area contributed by atoms with Gasteiger partial charge in [0.1, 0.15) is 5.75 Å². The van der Waals surface area contributed by atoms with E-state index >= 15 is 0 Å². The van der Waals surface area contributed by atoms with Gasteiger partial charge in [-0.3, -0.25) is 0 Å². The number of rotatable bonds is 4. The molecule has 2 atom stereocenters. The fraction of sp³-hybridized carbons (Fsp3) is 0.542. The first-order valence-electron chi connectivity index (χ1n) is 10.3. The first-order valence-corrected chi connectivity index (χ1v) is 13.2. The van der Waals surface area contributed by atoms with E-state index in [1.807, 2.05) is 13.8 Å². The lowest BCUT2D eigenvalue weighted by Gasteiger charge is -2.39. The normalized spacial score (nSPS) is 21.9. The van der Waals surface area contributed by atoms with E-state index in [0.29, 0.717) is 11.7 Å². The second kappa shape index (κ2) is 7.22. The Morgan fingerprint density at radius 1 is 1.07 bits per heavy atom. The maximum absolute atomic E-state index is 13.3. The number of allylic oxidation sites excluding steroid dienone is 3. The van der Waals surface area contributed by atoms with Crippen molar-refractivity contribution in [3.8, 4) is 5.75 Å². The summed E-state index contributed by atoms with van der Waals surface area (Å²) in [7, 11) is -2.03. The Kier molecular flexibility index (Phi) is 5.39. The van der Waals surface area contributed by atoms with Crippen LogP contribution in [0.15, 0.2) is 35.6 Å². The summed E-state index contributed by atoms with van der Waals surface area (Å²) in [5, 5.41) is 0.0864. The number of hydrogen-bond donors (Lipinski definition) is 0.